The molecule has 1 atom stereocenters. The summed E-state index contributed by atoms with van der Waals surface area (Å²) >= 11 is 0. The predicted molar refractivity (Wildman–Crippen MR) is 288 cm³/mol. The summed E-state index contributed by atoms with van der Waals surface area (Å²) in [7, 11) is 0. The first-order valence-electron chi connectivity index (χ1n) is 28.5. The van der Waals surface area contributed by atoms with Gasteiger partial charge in [-0.25, -0.2) is 0 Å². The van der Waals surface area contributed by atoms with Crippen molar-refractivity contribution in [1.82, 2.24) is 0 Å². The Kier molecular flexibility index (Phi) is 54.4. The van der Waals surface area contributed by atoms with Crippen LogP contribution in [0.15, 0.2) is 72.9 Å². The van der Waals surface area contributed by atoms with Gasteiger partial charge >= 0.3 is 11.9 Å². The van der Waals surface area contributed by atoms with E-state index in [4.69, 9.17) is 14.2 Å². The molecule has 382 valence electrons. The van der Waals surface area contributed by atoms with Crippen LogP contribution in [0.3, 0.4) is 0 Å². The molecule has 0 aromatic heterocycles. The highest BCUT2D eigenvalue weighted by atomic mass is 16.6. The molecule has 0 bridgehead atoms. The quantitative estimate of drug-likeness (QED) is 0.0346. The zero-order valence-corrected chi connectivity index (χ0v) is 44.0. The fraction of sp³-hybridized carbons (Fsp3) is 0.770. The first kappa shape index (κ1) is 63.3. The molecular weight excluding hydrogens is 813 g/mol. The molecule has 66 heavy (non-hydrogen) atoms. The maximum Gasteiger partial charge on any atom is 0.306 e. The van der Waals surface area contributed by atoms with Crippen molar-refractivity contribution in [2.75, 3.05) is 19.8 Å². The van der Waals surface area contributed by atoms with Crippen molar-refractivity contribution >= 4 is 11.9 Å². The lowest BCUT2D eigenvalue weighted by Crippen LogP contribution is -2.30. The topological polar surface area (TPSA) is 61.8 Å². The van der Waals surface area contributed by atoms with Gasteiger partial charge in [-0.05, 0) is 89.9 Å². The summed E-state index contributed by atoms with van der Waals surface area (Å²) < 4.78 is 17.4. The fourth-order valence-corrected chi connectivity index (χ4v) is 8.00. The maximum atomic E-state index is 12.8. The molecule has 0 saturated carbocycles. The Bertz CT molecular complexity index is 1180. The minimum Gasteiger partial charge on any atom is -0.462 e. The zero-order chi connectivity index (χ0) is 47.7. The molecular formula is C61H108O5. The molecule has 0 fully saturated rings. The lowest BCUT2D eigenvalue weighted by molar-refractivity contribution is -0.163. The predicted octanol–water partition coefficient (Wildman–Crippen LogP) is 19.5. The van der Waals surface area contributed by atoms with Crippen molar-refractivity contribution in [2.24, 2.45) is 0 Å². The van der Waals surface area contributed by atoms with Gasteiger partial charge in [0, 0.05) is 19.4 Å². The van der Waals surface area contributed by atoms with Gasteiger partial charge in [-0.15, -0.1) is 0 Å². The highest BCUT2D eigenvalue weighted by Gasteiger charge is 2.17. The molecule has 0 aliphatic carbocycles. The van der Waals surface area contributed by atoms with Crippen LogP contribution in [0.1, 0.15) is 278 Å². The van der Waals surface area contributed by atoms with Crippen molar-refractivity contribution < 1.29 is 23.8 Å². The Morgan fingerprint density at radius 1 is 0.348 bits per heavy atom. The standard InChI is InChI=1S/C61H108O5/c1-4-7-10-13-16-19-22-25-28-30-31-32-34-36-39-42-45-48-51-54-60(62)65-58-59(57-64-56-53-50-47-44-41-38-35-29-26-23-20-17-14-11-8-5-2)66-61(63)55-52-49-46-43-40-37-33-27-24-21-18-15-12-9-6-3/h7,10,16,19,25-26,28-29,31-32,36,39,59H,4-6,8-9,11-15,17-18,20-24,27,30,33-35,37-38,40-58H2,1-3H3/b10-7-,19-16-,28-25-,29-26-,32-31-,39-36-. The van der Waals surface area contributed by atoms with Crippen LogP contribution in [-0.4, -0.2) is 37.9 Å². The van der Waals surface area contributed by atoms with Crippen LogP contribution in [0.4, 0.5) is 0 Å². The Labute approximate surface area is 410 Å². The minimum absolute atomic E-state index is 0.0663. The third kappa shape index (κ3) is 54.0. The lowest BCUT2D eigenvalue weighted by atomic mass is 10.0. The number of carbonyl (C=O) groups excluding carboxylic acids is 2. The van der Waals surface area contributed by atoms with E-state index in [9.17, 15) is 9.59 Å². The number of carbonyl (C=O) groups is 2. The van der Waals surface area contributed by atoms with Crippen molar-refractivity contribution in [3.05, 3.63) is 72.9 Å². The van der Waals surface area contributed by atoms with Gasteiger partial charge in [-0.2, -0.15) is 0 Å². The van der Waals surface area contributed by atoms with E-state index in [1.165, 1.54) is 161 Å². The first-order valence-corrected chi connectivity index (χ1v) is 28.5. The van der Waals surface area contributed by atoms with E-state index in [0.29, 0.717) is 19.4 Å². The van der Waals surface area contributed by atoms with Gasteiger partial charge in [0.05, 0.1) is 6.61 Å². The van der Waals surface area contributed by atoms with Gasteiger partial charge < -0.3 is 14.2 Å². The molecule has 1 unspecified atom stereocenters. The maximum absolute atomic E-state index is 12.8. The van der Waals surface area contributed by atoms with Crippen LogP contribution >= 0.6 is 0 Å². The molecule has 0 aromatic rings. The summed E-state index contributed by atoms with van der Waals surface area (Å²) in [5.74, 6) is -0.428. The molecule has 0 aromatic carbocycles. The molecule has 0 saturated heterocycles. The Morgan fingerprint density at radius 2 is 0.682 bits per heavy atom. The number of hydrogen-bond acceptors (Lipinski definition) is 5. The SMILES string of the molecule is CC/C=C\C/C=C\C/C=C\C/C=C\C/C=C\CCCCCC(=O)OCC(COCCCCCCCC/C=C\CCCCCCCC)OC(=O)CCCCCCCCCCCCCCCCC. The van der Waals surface area contributed by atoms with E-state index in [2.05, 4.69) is 93.7 Å². The Morgan fingerprint density at radius 3 is 1.12 bits per heavy atom. The van der Waals surface area contributed by atoms with Gasteiger partial charge in [0.1, 0.15) is 6.61 Å². The number of ether oxygens (including phenoxy) is 3. The second kappa shape index (κ2) is 56.7. The minimum atomic E-state index is -0.553. The van der Waals surface area contributed by atoms with E-state index in [-0.39, 0.29) is 25.2 Å². The van der Waals surface area contributed by atoms with Crippen LogP contribution in [0, 0.1) is 0 Å². The van der Waals surface area contributed by atoms with Crippen molar-refractivity contribution in [3.8, 4) is 0 Å². The Hall–Kier alpha value is -2.66. The largest absolute Gasteiger partial charge is 0.462 e. The van der Waals surface area contributed by atoms with Gasteiger partial charge in [-0.3, -0.25) is 9.59 Å². The van der Waals surface area contributed by atoms with E-state index >= 15 is 0 Å². The van der Waals surface area contributed by atoms with Crippen molar-refractivity contribution in [2.45, 2.75) is 284 Å². The van der Waals surface area contributed by atoms with Gasteiger partial charge in [0.2, 0.25) is 0 Å². The smallest absolute Gasteiger partial charge is 0.306 e. The second-order valence-corrected chi connectivity index (χ2v) is 18.8. The third-order valence-corrected chi connectivity index (χ3v) is 12.2. The molecule has 5 nitrogen and oxygen atoms in total. The van der Waals surface area contributed by atoms with E-state index in [1.807, 2.05) is 0 Å². The molecule has 0 N–H and O–H groups in total. The molecule has 0 aliphatic rings. The first-order chi connectivity index (χ1) is 32.6. The van der Waals surface area contributed by atoms with Gasteiger partial charge in [0.25, 0.3) is 0 Å². The zero-order valence-electron chi connectivity index (χ0n) is 44.0. The molecule has 0 rings (SSSR count). The molecule has 5 heteroatoms. The molecule has 0 aliphatic heterocycles. The van der Waals surface area contributed by atoms with Crippen LogP contribution < -0.4 is 0 Å². The summed E-state index contributed by atoms with van der Waals surface area (Å²) in [5.41, 5.74) is 0. The summed E-state index contributed by atoms with van der Waals surface area (Å²) in [5, 5.41) is 0. The molecule has 0 spiro atoms. The van der Waals surface area contributed by atoms with E-state index < -0.39 is 6.10 Å². The highest BCUT2D eigenvalue weighted by molar-refractivity contribution is 5.70. The molecule has 0 amide bonds. The summed E-state index contributed by atoms with van der Waals surface area (Å²) in [6, 6.07) is 0. The number of hydrogen-bond donors (Lipinski definition) is 0. The number of esters is 2. The van der Waals surface area contributed by atoms with E-state index in [1.54, 1.807) is 0 Å². The van der Waals surface area contributed by atoms with Gasteiger partial charge in [-0.1, -0.05) is 248 Å². The highest BCUT2D eigenvalue weighted by Crippen LogP contribution is 2.15. The fourth-order valence-electron chi connectivity index (χ4n) is 8.00. The summed E-state index contributed by atoms with van der Waals surface area (Å²) in [4.78, 5) is 25.5. The van der Waals surface area contributed by atoms with Gasteiger partial charge in [0.15, 0.2) is 6.10 Å². The number of allylic oxidation sites excluding steroid dienone is 12. The summed E-state index contributed by atoms with van der Waals surface area (Å²) in [6.45, 7) is 7.70. The van der Waals surface area contributed by atoms with Crippen molar-refractivity contribution in [3.63, 3.8) is 0 Å². The van der Waals surface area contributed by atoms with Crippen LogP contribution in [0.5, 0.6) is 0 Å². The monoisotopic (exact) mass is 921 g/mol. The van der Waals surface area contributed by atoms with Crippen molar-refractivity contribution in [1.29, 1.82) is 0 Å². The summed E-state index contributed by atoms with van der Waals surface area (Å²) in [6.07, 6.45) is 73.5. The lowest BCUT2D eigenvalue weighted by Gasteiger charge is -2.18. The molecule has 0 heterocycles. The number of unbranched alkanes of at least 4 members (excludes halogenated alkanes) is 29. The average molecular weight is 922 g/mol. The Balaban J connectivity index is 4.33. The van der Waals surface area contributed by atoms with Crippen LogP contribution in [0.25, 0.3) is 0 Å². The van der Waals surface area contributed by atoms with Crippen LogP contribution in [-0.2, 0) is 23.8 Å². The van der Waals surface area contributed by atoms with Crippen LogP contribution in [0.2, 0.25) is 0 Å². The third-order valence-electron chi connectivity index (χ3n) is 12.2. The normalized spacial score (nSPS) is 12.7. The average Bonchev–Trinajstić information content (AvgIpc) is 3.32. The van der Waals surface area contributed by atoms with E-state index in [0.717, 1.165) is 83.5 Å². The number of rotatable bonds is 52. The second-order valence-electron chi connectivity index (χ2n) is 18.8. The molecule has 0 radical (unpaired) electrons.